The zero-order valence-corrected chi connectivity index (χ0v) is 12.2. The summed E-state index contributed by atoms with van der Waals surface area (Å²) in [6, 6.07) is 1.26. The molecule has 2 heterocycles. The summed E-state index contributed by atoms with van der Waals surface area (Å²) in [7, 11) is 0. The predicted octanol–water partition coefficient (Wildman–Crippen LogP) is 1.50. The molecule has 1 saturated heterocycles. The van der Waals surface area contributed by atoms with Crippen molar-refractivity contribution < 1.29 is 14.1 Å². The first-order valence-electron chi connectivity index (χ1n) is 7.03. The lowest BCUT2D eigenvalue weighted by molar-refractivity contribution is -0.127. The van der Waals surface area contributed by atoms with E-state index in [1.54, 1.807) is 17.9 Å². The van der Waals surface area contributed by atoms with E-state index in [1.165, 1.54) is 0 Å². The maximum absolute atomic E-state index is 12.4. The van der Waals surface area contributed by atoms with Gasteiger partial charge < -0.3 is 14.7 Å². The van der Waals surface area contributed by atoms with Crippen molar-refractivity contribution in [2.75, 3.05) is 6.54 Å². The van der Waals surface area contributed by atoms with Crippen LogP contribution in [-0.4, -0.2) is 40.5 Å². The summed E-state index contributed by atoms with van der Waals surface area (Å²) in [5.74, 6) is 0.271. The first kappa shape index (κ1) is 14.6. The monoisotopic (exact) mass is 279 g/mol. The Bertz CT molecular complexity index is 496. The molecular weight excluding hydrogens is 258 g/mol. The van der Waals surface area contributed by atoms with Gasteiger partial charge in [0, 0.05) is 18.7 Å². The van der Waals surface area contributed by atoms with Gasteiger partial charge in [-0.3, -0.25) is 9.59 Å². The number of carbonyl (C=O) groups excluding carboxylic acids is 2. The first-order valence-corrected chi connectivity index (χ1v) is 7.03. The first-order chi connectivity index (χ1) is 9.49. The van der Waals surface area contributed by atoms with Crippen LogP contribution < -0.4 is 5.32 Å². The van der Waals surface area contributed by atoms with Crippen molar-refractivity contribution in [2.45, 2.75) is 52.1 Å². The fourth-order valence-electron chi connectivity index (χ4n) is 2.44. The maximum atomic E-state index is 12.4. The van der Waals surface area contributed by atoms with Crippen LogP contribution in [0.2, 0.25) is 0 Å². The quantitative estimate of drug-likeness (QED) is 0.909. The van der Waals surface area contributed by atoms with E-state index in [0.29, 0.717) is 18.7 Å². The number of rotatable bonds is 3. The Labute approximate surface area is 118 Å². The molecule has 0 aromatic carbocycles. The Morgan fingerprint density at radius 2 is 2.20 bits per heavy atom. The topological polar surface area (TPSA) is 75.4 Å². The van der Waals surface area contributed by atoms with Crippen LogP contribution in [0.25, 0.3) is 0 Å². The zero-order valence-electron chi connectivity index (χ0n) is 12.2. The van der Waals surface area contributed by atoms with Crippen molar-refractivity contribution in [3.05, 3.63) is 17.5 Å². The molecule has 6 nitrogen and oxygen atoms in total. The highest BCUT2D eigenvalue weighted by atomic mass is 16.5. The predicted molar refractivity (Wildman–Crippen MR) is 73.2 cm³/mol. The number of nitrogens with zero attached hydrogens (tertiary/aromatic N) is 2. The number of aryl methyl sites for hydroxylation is 1. The van der Waals surface area contributed by atoms with Crippen molar-refractivity contribution in [3.63, 3.8) is 0 Å². The normalized spacial score (nSPS) is 19.2. The van der Waals surface area contributed by atoms with E-state index < -0.39 is 6.04 Å². The number of likely N-dealkylation sites (tertiary alicyclic amines) is 1. The zero-order chi connectivity index (χ0) is 14.7. The number of piperidine rings is 1. The van der Waals surface area contributed by atoms with E-state index in [9.17, 15) is 9.59 Å². The minimum atomic E-state index is -0.407. The smallest absolute Gasteiger partial charge is 0.276 e. The fourth-order valence-corrected chi connectivity index (χ4v) is 2.44. The lowest BCUT2D eigenvalue weighted by Gasteiger charge is -2.34. The highest BCUT2D eigenvalue weighted by Crippen LogP contribution is 2.20. The fraction of sp³-hybridized carbons (Fsp3) is 0.643. The Hall–Kier alpha value is -1.85. The van der Waals surface area contributed by atoms with E-state index in [0.717, 1.165) is 12.8 Å². The number of aromatic nitrogens is 1. The van der Waals surface area contributed by atoms with Gasteiger partial charge in [-0.1, -0.05) is 5.16 Å². The Morgan fingerprint density at radius 1 is 1.45 bits per heavy atom. The molecule has 1 unspecified atom stereocenters. The molecule has 0 spiro atoms. The molecule has 2 amide bonds. The maximum Gasteiger partial charge on any atom is 0.276 e. The molecule has 1 N–H and O–H groups in total. The van der Waals surface area contributed by atoms with Crippen LogP contribution in [0.4, 0.5) is 0 Å². The molecule has 0 bridgehead atoms. The molecule has 1 atom stereocenters. The van der Waals surface area contributed by atoms with Crippen LogP contribution in [0.5, 0.6) is 0 Å². The third-order valence-electron chi connectivity index (χ3n) is 3.34. The standard InChI is InChI=1S/C14H21N3O3/c1-9(2)15-13(18)12-6-4-5-7-17(12)14(19)11-8-10(3)20-16-11/h8-9,12H,4-7H2,1-3H3,(H,15,18). The second-order valence-electron chi connectivity index (χ2n) is 5.50. The van der Waals surface area contributed by atoms with Gasteiger partial charge in [0.2, 0.25) is 5.91 Å². The molecule has 1 aromatic rings. The van der Waals surface area contributed by atoms with Crippen molar-refractivity contribution >= 4 is 11.8 Å². The lowest BCUT2D eigenvalue weighted by atomic mass is 10.0. The molecular formula is C14H21N3O3. The Kier molecular flexibility index (Phi) is 4.42. The van der Waals surface area contributed by atoms with E-state index in [4.69, 9.17) is 4.52 Å². The van der Waals surface area contributed by atoms with Gasteiger partial charge in [0.25, 0.3) is 5.91 Å². The molecule has 2 rings (SSSR count). The summed E-state index contributed by atoms with van der Waals surface area (Å²) in [5.41, 5.74) is 0.270. The SMILES string of the molecule is Cc1cc(C(=O)N2CCCCC2C(=O)NC(C)C)no1. The van der Waals surface area contributed by atoms with E-state index in [-0.39, 0.29) is 23.6 Å². The third kappa shape index (κ3) is 3.18. The lowest BCUT2D eigenvalue weighted by Crippen LogP contribution is -2.53. The molecule has 1 fully saturated rings. The summed E-state index contributed by atoms with van der Waals surface area (Å²) < 4.78 is 4.94. The summed E-state index contributed by atoms with van der Waals surface area (Å²) in [6.45, 7) is 6.14. The van der Waals surface area contributed by atoms with Gasteiger partial charge in [-0.15, -0.1) is 0 Å². The molecule has 0 aliphatic carbocycles. The Morgan fingerprint density at radius 3 is 2.80 bits per heavy atom. The number of nitrogens with one attached hydrogen (secondary N) is 1. The van der Waals surface area contributed by atoms with Gasteiger partial charge in [0.15, 0.2) is 5.69 Å². The highest BCUT2D eigenvalue weighted by Gasteiger charge is 2.33. The van der Waals surface area contributed by atoms with Gasteiger partial charge >= 0.3 is 0 Å². The summed E-state index contributed by atoms with van der Waals surface area (Å²) >= 11 is 0. The van der Waals surface area contributed by atoms with Crippen LogP contribution in [0.15, 0.2) is 10.6 Å². The second kappa shape index (κ2) is 6.07. The van der Waals surface area contributed by atoms with Gasteiger partial charge in [-0.25, -0.2) is 0 Å². The van der Waals surface area contributed by atoms with Gasteiger partial charge in [-0.05, 0) is 40.0 Å². The van der Waals surface area contributed by atoms with Crippen molar-refractivity contribution in [3.8, 4) is 0 Å². The average molecular weight is 279 g/mol. The second-order valence-corrected chi connectivity index (χ2v) is 5.50. The van der Waals surface area contributed by atoms with Crippen molar-refractivity contribution in [1.29, 1.82) is 0 Å². The number of carbonyl (C=O) groups is 2. The number of hydrogen-bond donors (Lipinski definition) is 1. The molecule has 20 heavy (non-hydrogen) atoms. The third-order valence-corrected chi connectivity index (χ3v) is 3.34. The van der Waals surface area contributed by atoms with Crippen LogP contribution in [0.3, 0.4) is 0 Å². The minimum absolute atomic E-state index is 0.0654. The molecule has 1 aromatic heterocycles. The van der Waals surface area contributed by atoms with E-state index >= 15 is 0 Å². The van der Waals surface area contributed by atoms with Crippen LogP contribution >= 0.6 is 0 Å². The van der Waals surface area contributed by atoms with Crippen LogP contribution in [-0.2, 0) is 4.79 Å². The number of hydrogen-bond acceptors (Lipinski definition) is 4. The molecule has 0 saturated carbocycles. The van der Waals surface area contributed by atoms with E-state index in [2.05, 4.69) is 10.5 Å². The molecule has 1 aliphatic heterocycles. The highest BCUT2D eigenvalue weighted by molar-refractivity contribution is 5.96. The summed E-state index contributed by atoms with van der Waals surface area (Å²) in [5, 5.41) is 6.63. The number of amides is 2. The largest absolute Gasteiger partial charge is 0.361 e. The van der Waals surface area contributed by atoms with Crippen molar-refractivity contribution in [2.24, 2.45) is 0 Å². The molecule has 110 valence electrons. The minimum Gasteiger partial charge on any atom is -0.361 e. The van der Waals surface area contributed by atoms with Crippen LogP contribution in [0.1, 0.15) is 49.4 Å². The summed E-state index contributed by atoms with van der Waals surface area (Å²) in [4.78, 5) is 26.3. The molecule has 1 aliphatic rings. The molecule has 0 radical (unpaired) electrons. The van der Waals surface area contributed by atoms with Gasteiger partial charge in [-0.2, -0.15) is 0 Å². The van der Waals surface area contributed by atoms with Crippen molar-refractivity contribution in [1.82, 2.24) is 15.4 Å². The van der Waals surface area contributed by atoms with E-state index in [1.807, 2.05) is 13.8 Å². The Balaban J connectivity index is 2.14. The van der Waals surface area contributed by atoms with Gasteiger partial charge in [0.1, 0.15) is 11.8 Å². The average Bonchev–Trinajstić information content (AvgIpc) is 2.84. The van der Waals surface area contributed by atoms with Gasteiger partial charge in [0.05, 0.1) is 0 Å². The molecule has 6 heteroatoms. The van der Waals surface area contributed by atoms with Crippen LogP contribution in [0, 0.1) is 6.92 Å². The summed E-state index contributed by atoms with van der Waals surface area (Å²) in [6.07, 6.45) is 2.56.